The van der Waals surface area contributed by atoms with E-state index in [0.29, 0.717) is 30.8 Å². The zero-order chi connectivity index (χ0) is 26.6. The topological polar surface area (TPSA) is 86.8 Å². The smallest absolute Gasteiger partial charge is 0.251 e. The average Bonchev–Trinajstić information content (AvgIpc) is 3.26. The van der Waals surface area contributed by atoms with Crippen LogP contribution in [0, 0.1) is 13.8 Å². The first-order chi connectivity index (χ1) is 17.6. The normalized spacial score (nSPS) is 13.6. The van der Waals surface area contributed by atoms with Gasteiger partial charge < -0.3 is 10.2 Å². The lowest BCUT2D eigenvalue weighted by Gasteiger charge is -2.26. The highest BCUT2D eigenvalue weighted by atomic mass is 32.2. The van der Waals surface area contributed by atoms with Gasteiger partial charge in [-0.3, -0.25) is 13.9 Å². The Kier molecular flexibility index (Phi) is 7.97. The Bertz CT molecular complexity index is 1360. The Morgan fingerprint density at radius 1 is 0.919 bits per heavy atom. The van der Waals surface area contributed by atoms with Gasteiger partial charge in [0.25, 0.3) is 5.91 Å². The van der Waals surface area contributed by atoms with E-state index in [1.54, 1.807) is 24.3 Å². The fraction of sp³-hybridized carbons (Fsp3) is 0.310. The van der Waals surface area contributed by atoms with Gasteiger partial charge in [-0.15, -0.1) is 0 Å². The van der Waals surface area contributed by atoms with Gasteiger partial charge in [0.1, 0.15) is 0 Å². The molecule has 0 aliphatic carbocycles. The Balaban J connectivity index is 1.36. The molecule has 0 unspecified atom stereocenters. The molecule has 1 saturated heterocycles. The second kappa shape index (κ2) is 11.2. The van der Waals surface area contributed by atoms with Crippen molar-refractivity contribution in [2.24, 2.45) is 0 Å². The monoisotopic (exact) mass is 519 g/mol. The Morgan fingerprint density at radius 3 is 2.08 bits per heavy atom. The number of hydrogen-bond donors (Lipinski definition) is 1. The maximum atomic E-state index is 12.7. The minimum atomic E-state index is -3.50. The van der Waals surface area contributed by atoms with Gasteiger partial charge in [-0.1, -0.05) is 54.6 Å². The quantitative estimate of drug-likeness (QED) is 0.456. The lowest BCUT2D eigenvalue weighted by Crippen LogP contribution is -2.30. The van der Waals surface area contributed by atoms with Crippen LogP contribution in [0.1, 0.15) is 51.0 Å². The van der Waals surface area contributed by atoms with E-state index in [9.17, 15) is 18.0 Å². The van der Waals surface area contributed by atoms with E-state index in [2.05, 4.69) is 5.32 Å². The Hall–Kier alpha value is -3.65. The Morgan fingerprint density at radius 2 is 1.51 bits per heavy atom. The van der Waals surface area contributed by atoms with Crippen molar-refractivity contribution in [1.82, 2.24) is 10.2 Å². The first-order valence-corrected chi connectivity index (χ1v) is 14.2. The molecular weight excluding hydrogens is 486 g/mol. The molecule has 37 heavy (non-hydrogen) atoms. The second-order valence-corrected chi connectivity index (χ2v) is 11.5. The van der Waals surface area contributed by atoms with E-state index in [1.807, 2.05) is 61.2 Å². The predicted molar refractivity (Wildman–Crippen MR) is 146 cm³/mol. The number of carbonyl (C=O) groups is 2. The van der Waals surface area contributed by atoms with Gasteiger partial charge in [0, 0.05) is 31.6 Å². The fourth-order valence-corrected chi connectivity index (χ4v) is 5.63. The van der Waals surface area contributed by atoms with E-state index in [1.165, 1.54) is 10.6 Å². The molecule has 1 heterocycles. The summed E-state index contributed by atoms with van der Waals surface area (Å²) in [6.07, 6.45) is 2.76. The van der Waals surface area contributed by atoms with Gasteiger partial charge in [-0.2, -0.15) is 0 Å². The number of para-hydroxylation sites is 1. The molecule has 194 valence electrons. The molecule has 4 rings (SSSR count). The molecule has 0 radical (unpaired) electrons. The number of anilines is 1. The third-order valence-electron chi connectivity index (χ3n) is 6.65. The molecular formula is C29H33N3O4S. The van der Waals surface area contributed by atoms with E-state index in [4.69, 9.17) is 0 Å². The standard InChI is InChI=1S/C29H33N3O4S/c1-21-6-4-7-22(2)28(21)32(37(3,35)36)20-25-13-15-26(16-14-25)29(34)30-18-23-9-11-24(12-10-23)19-31-17-5-8-27(31)33/h4,6-7,9-16H,5,8,17-20H2,1-3H3,(H,30,34). The van der Waals surface area contributed by atoms with Crippen LogP contribution in [0.4, 0.5) is 5.69 Å². The molecule has 1 aliphatic rings. The summed E-state index contributed by atoms with van der Waals surface area (Å²) in [4.78, 5) is 26.4. The van der Waals surface area contributed by atoms with Crippen molar-refractivity contribution in [3.8, 4) is 0 Å². The molecule has 0 bridgehead atoms. The van der Waals surface area contributed by atoms with Crippen LogP contribution in [0.3, 0.4) is 0 Å². The van der Waals surface area contributed by atoms with Crippen LogP contribution < -0.4 is 9.62 Å². The van der Waals surface area contributed by atoms with Crippen LogP contribution in [-0.4, -0.2) is 37.9 Å². The predicted octanol–water partition coefficient (Wildman–Crippen LogP) is 4.32. The molecule has 3 aromatic rings. The molecule has 3 aromatic carbocycles. The van der Waals surface area contributed by atoms with Gasteiger partial charge in [0.2, 0.25) is 15.9 Å². The zero-order valence-corrected chi connectivity index (χ0v) is 22.3. The van der Waals surface area contributed by atoms with Crippen LogP contribution in [0.2, 0.25) is 0 Å². The lowest BCUT2D eigenvalue weighted by molar-refractivity contribution is -0.128. The van der Waals surface area contributed by atoms with E-state index < -0.39 is 10.0 Å². The van der Waals surface area contributed by atoms with Crippen molar-refractivity contribution in [2.75, 3.05) is 17.1 Å². The highest BCUT2D eigenvalue weighted by Crippen LogP contribution is 2.28. The van der Waals surface area contributed by atoms with Crippen LogP contribution >= 0.6 is 0 Å². The van der Waals surface area contributed by atoms with Crippen molar-refractivity contribution >= 4 is 27.5 Å². The van der Waals surface area contributed by atoms with Gasteiger partial charge in [-0.25, -0.2) is 8.42 Å². The number of nitrogens with one attached hydrogen (secondary N) is 1. The molecule has 1 fully saturated rings. The first-order valence-electron chi connectivity index (χ1n) is 12.4. The van der Waals surface area contributed by atoms with Crippen molar-refractivity contribution in [3.63, 3.8) is 0 Å². The van der Waals surface area contributed by atoms with Crippen LogP contribution in [0.15, 0.2) is 66.7 Å². The van der Waals surface area contributed by atoms with E-state index in [0.717, 1.165) is 40.8 Å². The summed E-state index contributed by atoms with van der Waals surface area (Å²) in [5, 5.41) is 2.93. The molecule has 0 aromatic heterocycles. The first kappa shape index (κ1) is 26.4. The summed E-state index contributed by atoms with van der Waals surface area (Å²) in [7, 11) is -3.50. The molecule has 8 heteroatoms. The summed E-state index contributed by atoms with van der Waals surface area (Å²) in [6.45, 7) is 5.80. The summed E-state index contributed by atoms with van der Waals surface area (Å²) < 4.78 is 26.6. The molecule has 0 spiro atoms. The van der Waals surface area contributed by atoms with Crippen molar-refractivity contribution in [1.29, 1.82) is 0 Å². The number of aryl methyl sites for hydroxylation is 2. The minimum absolute atomic E-state index is 0.182. The Labute approximate surface area is 219 Å². The third kappa shape index (κ3) is 6.57. The molecule has 1 aliphatic heterocycles. The van der Waals surface area contributed by atoms with Crippen molar-refractivity contribution in [3.05, 3.63) is 100 Å². The molecule has 0 saturated carbocycles. The molecule has 0 atom stereocenters. The van der Waals surface area contributed by atoms with Crippen LogP contribution in [0.5, 0.6) is 0 Å². The maximum absolute atomic E-state index is 12.7. The number of hydrogen-bond acceptors (Lipinski definition) is 4. The lowest BCUT2D eigenvalue weighted by atomic mass is 10.1. The summed E-state index contributed by atoms with van der Waals surface area (Å²) >= 11 is 0. The third-order valence-corrected chi connectivity index (χ3v) is 7.76. The van der Waals surface area contributed by atoms with Gasteiger partial charge in [0.05, 0.1) is 18.5 Å². The molecule has 1 N–H and O–H groups in total. The van der Waals surface area contributed by atoms with E-state index >= 15 is 0 Å². The minimum Gasteiger partial charge on any atom is -0.348 e. The highest BCUT2D eigenvalue weighted by Gasteiger charge is 2.22. The maximum Gasteiger partial charge on any atom is 0.251 e. The summed E-state index contributed by atoms with van der Waals surface area (Å²) in [6, 6.07) is 20.6. The second-order valence-electron chi connectivity index (χ2n) is 9.62. The number of nitrogens with zero attached hydrogens (tertiary/aromatic N) is 2. The largest absolute Gasteiger partial charge is 0.348 e. The van der Waals surface area contributed by atoms with Gasteiger partial charge in [0.15, 0.2) is 0 Å². The average molecular weight is 520 g/mol. The highest BCUT2D eigenvalue weighted by molar-refractivity contribution is 7.92. The number of amides is 2. The number of carbonyl (C=O) groups excluding carboxylic acids is 2. The number of benzene rings is 3. The molecule has 2 amide bonds. The SMILES string of the molecule is Cc1cccc(C)c1N(Cc1ccc(C(=O)NCc2ccc(CN3CCCC3=O)cc2)cc1)S(C)(=O)=O. The molecule has 7 nitrogen and oxygen atoms in total. The summed E-state index contributed by atoms with van der Waals surface area (Å²) in [5.41, 5.74) is 5.80. The van der Waals surface area contributed by atoms with Gasteiger partial charge in [-0.05, 0) is 60.2 Å². The number of sulfonamides is 1. The van der Waals surface area contributed by atoms with Gasteiger partial charge >= 0.3 is 0 Å². The van der Waals surface area contributed by atoms with Crippen LogP contribution in [-0.2, 0) is 34.5 Å². The van der Waals surface area contributed by atoms with E-state index in [-0.39, 0.29) is 18.4 Å². The van der Waals surface area contributed by atoms with Crippen molar-refractivity contribution < 1.29 is 18.0 Å². The van der Waals surface area contributed by atoms with Crippen molar-refractivity contribution in [2.45, 2.75) is 46.3 Å². The zero-order valence-electron chi connectivity index (χ0n) is 21.5. The van der Waals surface area contributed by atoms with Crippen LogP contribution in [0.25, 0.3) is 0 Å². The summed E-state index contributed by atoms with van der Waals surface area (Å²) in [5.74, 6) is 0.00434. The number of rotatable bonds is 9. The number of likely N-dealkylation sites (tertiary alicyclic amines) is 1. The fourth-order valence-electron chi connectivity index (χ4n) is 4.63.